The predicted molar refractivity (Wildman–Crippen MR) is 137 cm³/mol. The third-order valence-electron chi connectivity index (χ3n) is 11.7. The Balaban J connectivity index is 1.58. The van der Waals surface area contributed by atoms with Gasteiger partial charge in [-0.15, -0.1) is 0 Å². The van der Waals surface area contributed by atoms with E-state index in [2.05, 4.69) is 33.0 Å². The number of aliphatic hydroxyl groups is 2. The summed E-state index contributed by atoms with van der Waals surface area (Å²) in [5.41, 5.74) is 5.36. The predicted octanol–water partition coefficient (Wildman–Crippen LogP) is 5.25. The largest absolute Gasteiger partial charge is 0.393 e. The molecule has 4 rings (SSSR count). The molecule has 10 atom stereocenters. The fraction of sp³-hybridized carbons (Fsp3) is 1.00. The van der Waals surface area contributed by atoms with Crippen LogP contribution in [0.3, 0.4) is 0 Å². The van der Waals surface area contributed by atoms with Crippen molar-refractivity contribution >= 4 is 0 Å². The fourth-order valence-electron chi connectivity index (χ4n) is 9.82. The van der Waals surface area contributed by atoms with Crippen molar-refractivity contribution in [2.75, 3.05) is 13.1 Å². The van der Waals surface area contributed by atoms with Crippen LogP contribution in [0, 0.1) is 40.4 Å². The summed E-state index contributed by atoms with van der Waals surface area (Å²) in [4.78, 5) is 0. The first-order chi connectivity index (χ1) is 15.7. The molecule has 0 amide bonds. The van der Waals surface area contributed by atoms with Crippen LogP contribution in [0.25, 0.3) is 0 Å². The number of nitrogens with two attached hydrogens (primary N) is 1. The zero-order chi connectivity index (χ0) is 23.9. The molecule has 4 heteroatoms. The van der Waals surface area contributed by atoms with E-state index in [0.29, 0.717) is 30.2 Å². The van der Waals surface area contributed by atoms with E-state index in [4.69, 9.17) is 5.73 Å². The summed E-state index contributed by atoms with van der Waals surface area (Å²) < 4.78 is 0. The number of unbranched alkanes of at least 4 members (excludes halogenated alkanes) is 2. The Morgan fingerprint density at radius 2 is 1.82 bits per heavy atom. The number of hydrogen-bond acceptors (Lipinski definition) is 4. The summed E-state index contributed by atoms with van der Waals surface area (Å²) in [6.07, 6.45) is 14.9. The van der Waals surface area contributed by atoms with Crippen LogP contribution in [0.15, 0.2) is 0 Å². The minimum atomic E-state index is -0.806. The van der Waals surface area contributed by atoms with Gasteiger partial charge in [0.1, 0.15) is 0 Å². The Morgan fingerprint density at radius 3 is 2.55 bits per heavy atom. The van der Waals surface area contributed by atoms with Crippen molar-refractivity contribution in [2.24, 2.45) is 46.2 Å². The monoisotopic (exact) mass is 462 g/mol. The first-order valence-corrected chi connectivity index (χ1v) is 14.5. The van der Waals surface area contributed by atoms with Gasteiger partial charge in [-0.05, 0) is 99.5 Å². The van der Waals surface area contributed by atoms with Gasteiger partial charge < -0.3 is 21.3 Å². The molecule has 5 N–H and O–H groups in total. The molecule has 4 saturated carbocycles. The van der Waals surface area contributed by atoms with Crippen LogP contribution in [0.1, 0.15) is 111 Å². The molecule has 4 nitrogen and oxygen atoms in total. The van der Waals surface area contributed by atoms with Gasteiger partial charge in [0.25, 0.3) is 0 Å². The smallest absolute Gasteiger partial charge is 0.0880 e. The third-order valence-corrected chi connectivity index (χ3v) is 11.7. The Labute approximate surface area is 203 Å². The van der Waals surface area contributed by atoms with Crippen molar-refractivity contribution in [3.63, 3.8) is 0 Å². The normalized spacial score (nSPS) is 48.1. The molecule has 4 aliphatic carbocycles. The molecule has 192 valence electrons. The summed E-state index contributed by atoms with van der Waals surface area (Å²) in [5.74, 6) is 3.79. The third kappa shape index (κ3) is 4.34. The van der Waals surface area contributed by atoms with Crippen LogP contribution >= 0.6 is 0 Å². The molecule has 0 heterocycles. The average Bonchev–Trinajstić information content (AvgIpc) is 3.13. The van der Waals surface area contributed by atoms with Gasteiger partial charge in [0.2, 0.25) is 0 Å². The first kappa shape index (κ1) is 25.9. The molecule has 4 fully saturated rings. The molecule has 0 spiro atoms. The van der Waals surface area contributed by atoms with Crippen molar-refractivity contribution in [3.05, 3.63) is 0 Å². The molecule has 0 aromatic heterocycles. The highest BCUT2D eigenvalue weighted by atomic mass is 16.3. The number of nitrogens with one attached hydrogen (secondary N) is 1. The standard InChI is InChI=1S/C29H54N2O2/c1-5-6-7-9-20(2)23-10-11-24-22-18-26(31-17-8-16-30)29(33)19-21(32)12-15-28(29,4)25(22)13-14-27(23,24)3/h20-26,31-33H,5-19,30H2,1-4H3/t20-,21+,22+,23-,24+,25+,26?,27-,28-,29+/m1/s1. The number of fused-ring (bicyclic) bond motifs is 5. The average molecular weight is 463 g/mol. The van der Waals surface area contributed by atoms with E-state index in [1.165, 1.54) is 51.4 Å². The lowest BCUT2D eigenvalue weighted by molar-refractivity contribution is -0.234. The first-order valence-electron chi connectivity index (χ1n) is 14.5. The van der Waals surface area contributed by atoms with Crippen LogP contribution in [0.4, 0.5) is 0 Å². The summed E-state index contributed by atoms with van der Waals surface area (Å²) >= 11 is 0. The molecule has 0 aliphatic heterocycles. The summed E-state index contributed by atoms with van der Waals surface area (Å²) in [6.45, 7) is 11.4. The van der Waals surface area contributed by atoms with Crippen molar-refractivity contribution in [1.82, 2.24) is 5.32 Å². The molecule has 1 unspecified atom stereocenters. The highest BCUT2D eigenvalue weighted by Gasteiger charge is 2.67. The van der Waals surface area contributed by atoms with Crippen molar-refractivity contribution < 1.29 is 10.2 Å². The lowest BCUT2D eigenvalue weighted by Crippen LogP contribution is -2.71. The second-order valence-electron chi connectivity index (χ2n) is 13.2. The van der Waals surface area contributed by atoms with Gasteiger partial charge in [-0.3, -0.25) is 0 Å². The molecule has 0 saturated heterocycles. The topological polar surface area (TPSA) is 78.5 Å². The number of aliphatic hydroxyl groups excluding tert-OH is 1. The summed E-state index contributed by atoms with van der Waals surface area (Å²) in [6, 6.07) is 0.0774. The molecular weight excluding hydrogens is 408 g/mol. The Kier molecular flexibility index (Phi) is 7.91. The van der Waals surface area contributed by atoms with Crippen LogP contribution in [0.5, 0.6) is 0 Å². The van der Waals surface area contributed by atoms with Gasteiger partial charge in [-0.2, -0.15) is 0 Å². The van der Waals surface area contributed by atoms with E-state index in [9.17, 15) is 10.2 Å². The Morgan fingerprint density at radius 1 is 1.03 bits per heavy atom. The molecule has 0 bridgehead atoms. The van der Waals surface area contributed by atoms with Crippen LogP contribution < -0.4 is 11.1 Å². The molecular formula is C29H54N2O2. The van der Waals surface area contributed by atoms with E-state index >= 15 is 0 Å². The van der Waals surface area contributed by atoms with Gasteiger partial charge in [0.15, 0.2) is 0 Å². The van der Waals surface area contributed by atoms with Gasteiger partial charge in [-0.1, -0.05) is 53.4 Å². The van der Waals surface area contributed by atoms with E-state index < -0.39 is 5.60 Å². The maximum Gasteiger partial charge on any atom is 0.0880 e. The summed E-state index contributed by atoms with van der Waals surface area (Å²) in [7, 11) is 0. The van der Waals surface area contributed by atoms with Gasteiger partial charge in [-0.25, -0.2) is 0 Å². The second kappa shape index (κ2) is 10.1. The van der Waals surface area contributed by atoms with Crippen LogP contribution in [0.2, 0.25) is 0 Å². The van der Waals surface area contributed by atoms with Crippen molar-refractivity contribution in [1.29, 1.82) is 0 Å². The highest BCUT2D eigenvalue weighted by molar-refractivity contribution is 5.18. The van der Waals surface area contributed by atoms with Crippen molar-refractivity contribution in [2.45, 2.75) is 129 Å². The molecule has 33 heavy (non-hydrogen) atoms. The lowest BCUT2D eigenvalue weighted by Gasteiger charge is -2.66. The lowest BCUT2D eigenvalue weighted by atomic mass is 9.42. The maximum atomic E-state index is 12.2. The maximum absolute atomic E-state index is 12.2. The van der Waals surface area contributed by atoms with Gasteiger partial charge in [0, 0.05) is 17.9 Å². The second-order valence-corrected chi connectivity index (χ2v) is 13.2. The highest BCUT2D eigenvalue weighted by Crippen LogP contribution is 2.69. The Bertz CT molecular complexity index is 658. The molecule has 0 radical (unpaired) electrons. The molecule has 4 aliphatic rings. The van der Waals surface area contributed by atoms with Crippen molar-refractivity contribution in [3.8, 4) is 0 Å². The minimum absolute atomic E-state index is 0.0774. The van der Waals surface area contributed by atoms with E-state index in [-0.39, 0.29) is 17.6 Å². The Hall–Kier alpha value is -0.160. The van der Waals surface area contributed by atoms with E-state index in [1.54, 1.807) is 0 Å². The number of rotatable bonds is 9. The fourth-order valence-corrected chi connectivity index (χ4v) is 9.82. The zero-order valence-electron chi connectivity index (χ0n) is 22.1. The SMILES string of the molecule is CCCCC[C@@H](C)[C@H]1CC[C@H]2[C@@H]3CC(NCCCN)[C@@]4(O)C[C@@H](O)CC[C@]4(C)[C@H]3CC[C@]12C. The molecule has 0 aromatic carbocycles. The number of hydrogen-bond donors (Lipinski definition) is 4. The van der Waals surface area contributed by atoms with Gasteiger partial charge >= 0.3 is 0 Å². The minimum Gasteiger partial charge on any atom is -0.393 e. The van der Waals surface area contributed by atoms with Crippen LogP contribution in [-0.4, -0.2) is 41.0 Å². The van der Waals surface area contributed by atoms with Gasteiger partial charge in [0.05, 0.1) is 11.7 Å². The van der Waals surface area contributed by atoms with E-state index in [0.717, 1.165) is 50.0 Å². The van der Waals surface area contributed by atoms with E-state index in [1.807, 2.05) is 0 Å². The zero-order valence-corrected chi connectivity index (χ0v) is 22.1. The quantitative estimate of drug-likeness (QED) is 0.353. The molecule has 0 aromatic rings. The summed E-state index contributed by atoms with van der Waals surface area (Å²) in [5, 5.41) is 26.6. The van der Waals surface area contributed by atoms with Crippen LogP contribution in [-0.2, 0) is 0 Å².